The fourth-order valence-electron chi connectivity index (χ4n) is 4.16. The minimum absolute atomic E-state index is 0.00151. The van der Waals surface area contributed by atoms with Gasteiger partial charge in [0.1, 0.15) is 11.3 Å². The normalized spacial score (nSPS) is 21.2. The number of esters is 1. The van der Waals surface area contributed by atoms with Gasteiger partial charge in [0.2, 0.25) is 5.88 Å². The molecule has 0 amide bonds. The van der Waals surface area contributed by atoms with E-state index in [0.29, 0.717) is 24.2 Å². The van der Waals surface area contributed by atoms with E-state index in [1.807, 2.05) is 54.6 Å². The largest absolute Gasteiger partial charge is 0.462 e. The summed E-state index contributed by atoms with van der Waals surface area (Å²) >= 11 is 3.43. The summed E-state index contributed by atoms with van der Waals surface area (Å²) in [6.07, 6.45) is 0.907. The Morgan fingerprint density at radius 3 is 2.47 bits per heavy atom. The van der Waals surface area contributed by atoms with E-state index < -0.39 is 11.9 Å². The van der Waals surface area contributed by atoms with Crippen molar-refractivity contribution in [2.45, 2.75) is 31.6 Å². The van der Waals surface area contributed by atoms with Crippen molar-refractivity contribution >= 4 is 27.7 Å². The zero-order valence-corrected chi connectivity index (χ0v) is 18.1. The number of rotatable bonds is 4. The van der Waals surface area contributed by atoms with Gasteiger partial charge >= 0.3 is 5.97 Å². The van der Waals surface area contributed by atoms with Crippen LogP contribution < -0.4 is 5.73 Å². The van der Waals surface area contributed by atoms with Crippen LogP contribution in [0.5, 0.6) is 0 Å². The molecule has 6 heteroatoms. The highest BCUT2D eigenvalue weighted by molar-refractivity contribution is 9.10. The van der Waals surface area contributed by atoms with Crippen molar-refractivity contribution in [1.82, 2.24) is 0 Å². The van der Waals surface area contributed by atoms with Gasteiger partial charge < -0.3 is 15.2 Å². The molecule has 1 aliphatic heterocycles. The Morgan fingerprint density at radius 2 is 1.80 bits per heavy atom. The van der Waals surface area contributed by atoms with Crippen LogP contribution >= 0.6 is 15.9 Å². The lowest BCUT2D eigenvalue weighted by Crippen LogP contribution is -2.33. The Morgan fingerprint density at radius 1 is 1.10 bits per heavy atom. The van der Waals surface area contributed by atoms with E-state index in [9.17, 15) is 9.59 Å². The maximum Gasteiger partial charge on any atom is 0.340 e. The summed E-state index contributed by atoms with van der Waals surface area (Å²) in [4.78, 5) is 26.1. The number of hydrogen-bond donors (Lipinski definition) is 1. The number of ketones is 1. The Hall–Kier alpha value is -2.86. The Balaban J connectivity index is 1.80. The highest BCUT2D eigenvalue weighted by Gasteiger charge is 2.43. The predicted octanol–water partition coefficient (Wildman–Crippen LogP) is 4.70. The molecule has 2 aliphatic rings. The summed E-state index contributed by atoms with van der Waals surface area (Å²) in [5.74, 6) is -0.648. The smallest absolute Gasteiger partial charge is 0.340 e. The van der Waals surface area contributed by atoms with Gasteiger partial charge in [-0.3, -0.25) is 4.79 Å². The van der Waals surface area contributed by atoms with Gasteiger partial charge in [-0.1, -0.05) is 58.4 Å². The standard InChI is InChI=1S/C24H22BrNO4/c1-2-29-24(28)22-20(15-8-10-17(25)11-9-15)21-18(27)12-16(13-19(21)30-23(22)26)14-6-4-3-5-7-14/h3-11,16,20H,2,12-13,26H2,1H3. The zero-order chi connectivity index (χ0) is 21.3. The van der Waals surface area contributed by atoms with Crippen LogP contribution in [0.15, 0.2) is 81.9 Å². The second-order valence-electron chi connectivity index (χ2n) is 7.36. The quantitative estimate of drug-likeness (QED) is 0.659. The Kier molecular flexibility index (Phi) is 5.77. The van der Waals surface area contributed by atoms with Crippen LogP contribution in [-0.4, -0.2) is 18.4 Å². The third-order valence-corrected chi connectivity index (χ3v) is 6.04. The van der Waals surface area contributed by atoms with E-state index in [0.717, 1.165) is 15.6 Å². The van der Waals surface area contributed by atoms with Crippen LogP contribution in [0.2, 0.25) is 0 Å². The molecule has 154 valence electrons. The highest BCUT2D eigenvalue weighted by Crippen LogP contribution is 2.47. The summed E-state index contributed by atoms with van der Waals surface area (Å²) in [5, 5.41) is 0. The Labute approximate surface area is 183 Å². The molecule has 30 heavy (non-hydrogen) atoms. The first kappa shape index (κ1) is 20.4. The summed E-state index contributed by atoms with van der Waals surface area (Å²) in [6.45, 7) is 1.94. The van der Waals surface area contributed by atoms with Crippen LogP contribution in [0.1, 0.15) is 42.7 Å². The van der Waals surface area contributed by atoms with Crippen molar-refractivity contribution in [1.29, 1.82) is 0 Å². The van der Waals surface area contributed by atoms with Gasteiger partial charge in [-0.15, -0.1) is 0 Å². The average molecular weight is 468 g/mol. The van der Waals surface area contributed by atoms with Gasteiger partial charge in [0.15, 0.2) is 5.78 Å². The third kappa shape index (κ3) is 3.79. The lowest BCUT2D eigenvalue weighted by molar-refractivity contribution is -0.139. The van der Waals surface area contributed by atoms with Crippen molar-refractivity contribution in [3.63, 3.8) is 0 Å². The van der Waals surface area contributed by atoms with Crippen LogP contribution in [0.25, 0.3) is 0 Å². The van der Waals surface area contributed by atoms with Crippen molar-refractivity contribution in [3.05, 3.63) is 93.0 Å². The van der Waals surface area contributed by atoms with Crippen molar-refractivity contribution in [2.24, 2.45) is 5.73 Å². The van der Waals surface area contributed by atoms with Crippen molar-refractivity contribution < 1.29 is 19.1 Å². The molecule has 1 aliphatic carbocycles. The number of nitrogens with two attached hydrogens (primary N) is 1. The van der Waals surface area contributed by atoms with Crippen molar-refractivity contribution in [3.8, 4) is 0 Å². The van der Waals surface area contributed by atoms with E-state index in [1.54, 1.807) is 6.92 Å². The number of allylic oxidation sites excluding steroid dienone is 2. The molecule has 1 heterocycles. The van der Waals surface area contributed by atoms with Crippen molar-refractivity contribution in [2.75, 3.05) is 6.61 Å². The Bertz CT molecular complexity index is 1040. The topological polar surface area (TPSA) is 78.6 Å². The maximum absolute atomic E-state index is 13.3. The molecule has 2 unspecified atom stereocenters. The highest BCUT2D eigenvalue weighted by atomic mass is 79.9. The number of hydrogen-bond acceptors (Lipinski definition) is 5. The van der Waals surface area contributed by atoms with E-state index in [1.165, 1.54) is 0 Å². The number of benzene rings is 2. The minimum Gasteiger partial charge on any atom is -0.462 e. The van der Waals surface area contributed by atoms with Gasteiger partial charge in [-0.2, -0.15) is 0 Å². The molecule has 2 N–H and O–H groups in total. The first-order valence-corrected chi connectivity index (χ1v) is 10.7. The molecule has 0 spiro atoms. The lowest BCUT2D eigenvalue weighted by Gasteiger charge is -2.35. The minimum atomic E-state index is -0.606. The second-order valence-corrected chi connectivity index (χ2v) is 8.28. The molecule has 2 aromatic carbocycles. The molecule has 0 bridgehead atoms. The van der Waals surface area contributed by atoms with Gasteiger partial charge in [-0.25, -0.2) is 4.79 Å². The molecule has 2 atom stereocenters. The van der Waals surface area contributed by atoms with E-state index in [2.05, 4.69) is 15.9 Å². The van der Waals surface area contributed by atoms with Crippen LogP contribution in [0, 0.1) is 0 Å². The van der Waals surface area contributed by atoms with E-state index in [4.69, 9.17) is 15.2 Å². The fourth-order valence-corrected chi connectivity index (χ4v) is 4.43. The molecular formula is C24H22BrNO4. The number of halogens is 1. The number of carbonyl (C=O) groups is 2. The van der Waals surface area contributed by atoms with Gasteiger partial charge in [0, 0.05) is 22.9 Å². The van der Waals surface area contributed by atoms with Gasteiger partial charge in [0.05, 0.1) is 12.5 Å². The predicted molar refractivity (Wildman–Crippen MR) is 116 cm³/mol. The van der Waals surface area contributed by atoms with E-state index in [-0.39, 0.29) is 29.8 Å². The maximum atomic E-state index is 13.3. The number of Topliss-reactive ketones (excluding diaryl/α,β-unsaturated/α-hetero) is 1. The average Bonchev–Trinajstić information content (AvgIpc) is 2.74. The molecular weight excluding hydrogens is 446 g/mol. The third-order valence-electron chi connectivity index (χ3n) is 5.51. The summed E-state index contributed by atoms with van der Waals surface area (Å²) in [5.41, 5.74) is 8.77. The molecule has 5 nitrogen and oxygen atoms in total. The van der Waals surface area contributed by atoms with Gasteiger partial charge in [-0.05, 0) is 36.1 Å². The summed E-state index contributed by atoms with van der Waals surface area (Å²) < 4.78 is 12.0. The summed E-state index contributed by atoms with van der Waals surface area (Å²) in [7, 11) is 0. The lowest BCUT2D eigenvalue weighted by atomic mass is 9.73. The second kappa shape index (κ2) is 8.48. The molecule has 4 rings (SSSR count). The van der Waals surface area contributed by atoms with Crippen LogP contribution in [0.3, 0.4) is 0 Å². The first-order valence-electron chi connectivity index (χ1n) is 9.90. The molecule has 0 saturated heterocycles. The van der Waals surface area contributed by atoms with Crippen LogP contribution in [-0.2, 0) is 19.1 Å². The summed E-state index contributed by atoms with van der Waals surface area (Å²) in [6, 6.07) is 17.4. The molecule has 0 fully saturated rings. The SMILES string of the molecule is CCOC(=O)C1=C(N)OC2=C(C(=O)CC(c3ccccc3)C2)C1c1ccc(Br)cc1. The molecule has 0 aromatic heterocycles. The number of ether oxygens (including phenoxy) is 2. The van der Waals surface area contributed by atoms with E-state index >= 15 is 0 Å². The van der Waals surface area contributed by atoms with Gasteiger partial charge in [0.25, 0.3) is 0 Å². The molecule has 2 aromatic rings. The monoisotopic (exact) mass is 467 g/mol. The first-order chi connectivity index (χ1) is 14.5. The molecule has 0 radical (unpaired) electrons. The zero-order valence-electron chi connectivity index (χ0n) is 16.6. The molecule has 0 saturated carbocycles. The number of carbonyl (C=O) groups excluding carboxylic acids is 2. The fraction of sp³-hybridized carbons (Fsp3) is 0.250. The van der Waals surface area contributed by atoms with Crippen LogP contribution in [0.4, 0.5) is 0 Å².